The number of hydrogen-bond donors (Lipinski definition) is 0. The molecule has 4 heavy (non-hydrogen) atoms. The maximum Gasteiger partial charge on any atom is 0 e. The Bertz CT molecular complexity index is 3.25. The van der Waals surface area contributed by atoms with Gasteiger partial charge < -0.3 is 0 Å². The summed E-state index contributed by atoms with van der Waals surface area (Å²) < 4.78 is 0. The largest absolute Gasteiger partial charge is 0 e. The SMILES string of the molecule is [Ag].[Ti].[Ti].[Ti]. The van der Waals surface area contributed by atoms with Gasteiger partial charge in [0, 0.05) is 87.5 Å². The zero-order chi connectivity index (χ0) is 0. The smallest absolute Gasteiger partial charge is 0 e. The molecule has 0 aliphatic carbocycles. The van der Waals surface area contributed by atoms with Crippen LogP contribution in [0.1, 0.15) is 0 Å². The van der Waals surface area contributed by atoms with E-state index in [2.05, 4.69) is 0 Å². The van der Waals surface area contributed by atoms with Crippen LogP contribution in [-0.4, -0.2) is 0 Å². The van der Waals surface area contributed by atoms with Gasteiger partial charge >= 0.3 is 0 Å². The Morgan fingerprint density at radius 2 is 0.500 bits per heavy atom. The van der Waals surface area contributed by atoms with Gasteiger partial charge in [-0.15, -0.1) is 0 Å². The van der Waals surface area contributed by atoms with Gasteiger partial charge in [0.25, 0.3) is 0 Å². The van der Waals surface area contributed by atoms with Gasteiger partial charge in [-0.3, -0.25) is 0 Å². The van der Waals surface area contributed by atoms with Crippen LogP contribution in [-0.2, 0) is 87.5 Å². The summed E-state index contributed by atoms with van der Waals surface area (Å²) in [6.07, 6.45) is 0. The van der Waals surface area contributed by atoms with Crippen molar-refractivity contribution < 1.29 is 87.5 Å². The van der Waals surface area contributed by atoms with Crippen molar-refractivity contribution in [3.63, 3.8) is 0 Å². The summed E-state index contributed by atoms with van der Waals surface area (Å²) >= 11 is 0. The predicted molar refractivity (Wildman–Crippen MR) is 0 cm³/mol. The molecule has 23 valence electrons. The fraction of sp³-hybridized carbons (Fsp3) is 0. The monoisotopic (exact) mass is 251 g/mol. The van der Waals surface area contributed by atoms with Gasteiger partial charge in [-0.25, -0.2) is 0 Å². The topological polar surface area (TPSA) is 0 Å². The van der Waals surface area contributed by atoms with E-state index in [0.717, 1.165) is 0 Å². The fourth-order valence-electron chi connectivity index (χ4n) is 0. The van der Waals surface area contributed by atoms with Gasteiger partial charge in [0.1, 0.15) is 0 Å². The van der Waals surface area contributed by atoms with E-state index in [1.807, 2.05) is 0 Å². The standard InChI is InChI=1S/Ag.3Ti. The van der Waals surface area contributed by atoms with Crippen molar-refractivity contribution in [2.75, 3.05) is 0 Å². The minimum atomic E-state index is 0. The molecule has 0 heterocycles. The first-order valence-corrected chi connectivity index (χ1v) is 0. The first-order chi connectivity index (χ1) is 0. The summed E-state index contributed by atoms with van der Waals surface area (Å²) in [5, 5.41) is 0. The van der Waals surface area contributed by atoms with Gasteiger partial charge in [0.15, 0.2) is 0 Å². The van der Waals surface area contributed by atoms with E-state index in [0.29, 0.717) is 0 Å². The first-order valence-electron chi connectivity index (χ1n) is 0. The van der Waals surface area contributed by atoms with Gasteiger partial charge in [-0.05, 0) is 0 Å². The fourth-order valence-corrected chi connectivity index (χ4v) is 0. The quantitative estimate of drug-likeness (QED) is 0.531. The first kappa shape index (κ1) is 28.7. The summed E-state index contributed by atoms with van der Waals surface area (Å²) in [5.41, 5.74) is 0. The van der Waals surface area contributed by atoms with E-state index in [4.69, 9.17) is 0 Å². The summed E-state index contributed by atoms with van der Waals surface area (Å²) in [4.78, 5) is 0. The normalized spacial score (nSPS) is 0. The van der Waals surface area contributed by atoms with Crippen LogP contribution < -0.4 is 0 Å². The predicted octanol–water partition coefficient (Wildman–Crippen LogP) is -0.0100. The molecule has 0 aliphatic heterocycles. The zero-order valence-corrected chi connectivity index (χ0v) is 7.97. The van der Waals surface area contributed by atoms with Crippen molar-refractivity contribution in [1.29, 1.82) is 0 Å². The van der Waals surface area contributed by atoms with Crippen LogP contribution in [0.4, 0.5) is 0 Å². The number of hydrogen-bond acceptors (Lipinski definition) is 0. The molecule has 0 spiro atoms. The van der Waals surface area contributed by atoms with Crippen LogP contribution in [0, 0.1) is 0 Å². The molecule has 0 saturated heterocycles. The third-order valence-electron chi connectivity index (χ3n) is 0. The summed E-state index contributed by atoms with van der Waals surface area (Å²) in [6, 6.07) is 0. The van der Waals surface area contributed by atoms with Crippen molar-refractivity contribution in [2.45, 2.75) is 0 Å². The van der Waals surface area contributed by atoms with Crippen LogP contribution in [0.25, 0.3) is 0 Å². The third kappa shape index (κ3) is 8.86. The molecule has 0 bridgehead atoms. The second kappa shape index (κ2) is 16.9. The van der Waals surface area contributed by atoms with E-state index < -0.39 is 0 Å². The summed E-state index contributed by atoms with van der Waals surface area (Å²) in [6.45, 7) is 0. The van der Waals surface area contributed by atoms with Crippen molar-refractivity contribution in [3.05, 3.63) is 0 Å². The number of rotatable bonds is 0. The van der Waals surface area contributed by atoms with Crippen LogP contribution in [0.3, 0.4) is 0 Å². The van der Waals surface area contributed by atoms with E-state index in [1.165, 1.54) is 0 Å². The molecule has 1 radical (unpaired) electrons. The molecule has 0 N–H and O–H groups in total. The van der Waals surface area contributed by atoms with Crippen LogP contribution >= 0.6 is 0 Å². The maximum atomic E-state index is 0. The molecule has 0 unspecified atom stereocenters. The van der Waals surface area contributed by atoms with E-state index in [9.17, 15) is 0 Å². The Balaban J connectivity index is 0. The Morgan fingerprint density at radius 3 is 0.500 bits per heavy atom. The van der Waals surface area contributed by atoms with Gasteiger partial charge in [0.05, 0.1) is 0 Å². The molecule has 0 aromatic heterocycles. The molecule has 0 aliphatic rings. The van der Waals surface area contributed by atoms with Gasteiger partial charge in [-0.1, -0.05) is 0 Å². The van der Waals surface area contributed by atoms with E-state index >= 15 is 0 Å². The Hall–Kier alpha value is 2.88. The van der Waals surface area contributed by atoms with E-state index in [1.54, 1.807) is 0 Å². The van der Waals surface area contributed by atoms with Crippen LogP contribution in [0.2, 0.25) is 0 Å². The Morgan fingerprint density at radius 1 is 0.500 bits per heavy atom. The second-order valence-corrected chi connectivity index (χ2v) is 0. The molecule has 0 aromatic carbocycles. The second-order valence-electron chi connectivity index (χ2n) is 0. The molecule has 0 nitrogen and oxygen atoms in total. The summed E-state index contributed by atoms with van der Waals surface area (Å²) in [5.74, 6) is 0. The zero-order valence-electron chi connectivity index (χ0n) is 1.80. The Labute approximate surface area is 86.0 Å². The average Bonchev–Trinajstić information content (AvgIpc) is 0. The third-order valence-corrected chi connectivity index (χ3v) is 0. The average molecular weight is 251 g/mol. The molecule has 0 rings (SSSR count). The molecular weight excluding hydrogens is 251 g/mol. The molecule has 0 fully saturated rings. The summed E-state index contributed by atoms with van der Waals surface area (Å²) in [7, 11) is 0. The van der Waals surface area contributed by atoms with Crippen molar-refractivity contribution in [2.24, 2.45) is 0 Å². The maximum absolute atomic E-state index is 0. The molecule has 0 saturated carbocycles. The minimum absolute atomic E-state index is 0. The van der Waals surface area contributed by atoms with Crippen molar-refractivity contribution in [1.82, 2.24) is 0 Å². The Kier molecular flexibility index (Phi) is 121. The van der Waals surface area contributed by atoms with Crippen LogP contribution in [0.5, 0.6) is 0 Å². The van der Waals surface area contributed by atoms with Gasteiger partial charge in [0.2, 0.25) is 0 Å². The minimum Gasteiger partial charge on any atom is 0 e. The van der Waals surface area contributed by atoms with Crippen LogP contribution in [0.15, 0.2) is 0 Å². The molecule has 0 aromatic rings. The van der Waals surface area contributed by atoms with Gasteiger partial charge in [-0.2, -0.15) is 0 Å². The molecular formula is AgTi3. The molecule has 4 heteroatoms. The molecule has 0 amide bonds. The van der Waals surface area contributed by atoms with Crippen molar-refractivity contribution in [3.8, 4) is 0 Å². The van der Waals surface area contributed by atoms with E-state index in [-0.39, 0.29) is 87.5 Å². The molecule has 0 atom stereocenters. The van der Waals surface area contributed by atoms with Crippen molar-refractivity contribution >= 4 is 0 Å².